The summed E-state index contributed by atoms with van der Waals surface area (Å²) >= 11 is 15.2. The number of aromatic nitrogens is 7. The number of pyridine rings is 1. The molecule has 2 unspecified atom stereocenters. The number of ether oxygens (including phenoxy) is 1. The molecule has 4 aromatic rings. The molecule has 1 saturated heterocycles. The number of rotatable bonds is 1. The van der Waals surface area contributed by atoms with Gasteiger partial charge in [0.15, 0.2) is 29.2 Å². The Morgan fingerprint density at radius 1 is 1.26 bits per heavy atom. The lowest BCUT2D eigenvalue weighted by atomic mass is 10.1. The number of alkyl halides is 1. The van der Waals surface area contributed by atoms with Crippen LogP contribution in [0, 0.1) is 0 Å². The van der Waals surface area contributed by atoms with E-state index in [4.69, 9.17) is 52.0 Å². The lowest BCUT2D eigenvalue weighted by Gasteiger charge is -2.24. The molecule has 2 aliphatic rings. The van der Waals surface area contributed by atoms with Crippen LogP contribution in [-0.2, 0) is 52.4 Å². The van der Waals surface area contributed by atoms with Crippen molar-refractivity contribution >= 4 is 77.4 Å². The summed E-state index contributed by atoms with van der Waals surface area (Å²) in [6.07, 6.45) is -3.89. The van der Waals surface area contributed by atoms with Crippen LogP contribution in [0.15, 0.2) is 23.4 Å². The maximum Gasteiger partial charge on any atom is 0.387 e. The van der Waals surface area contributed by atoms with E-state index in [1.54, 1.807) is 10.6 Å². The van der Waals surface area contributed by atoms with Gasteiger partial charge in [0.1, 0.15) is 30.2 Å². The zero-order chi connectivity index (χ0) is 29.1. The number of thiol groups is 1. The Hall–Kier alpha value is -2.02. The average Bonchev–Trinajstić information content (AvgIpc) is 3.55. The number of anilines is 1. The highest BCUT2D eigenvalue weighted by Gasteiger charge is 2.51. The Bertz CT molecular complexity index is 1810. The molecule has 22 heteroatoms. The summed E-state index contributed by atoms with van der Waals surface area (Å²) in [5, 5.41) is 0.330. The van der Waals surface area contributed by atoms with Gasteiger partial charge in [0.2, 0.25) is 5.95 Å². The topological polar surface area (TPSA) is 204 Å². The number of hydrogen-bond acceptors (Lipinski definition) is 13. The third-order valence-electron chi connectivity index (χ3n) is 6.20. The fourth-order valence-electron chi connectivity index (χ4n) is 4.45. The van der Waals surface area contributed by atoms with Gasteiger partial charge in [-0.25, -0.2) is 23.9 Å². The Kier molecular flexibility index (Phi) is 8.84. The molecule has 0 spiro atoms. The number of nitrogens with one attached hydrogen (secondary N) is 1. The smallest absolute Gasteiger partial charge is 0.369 e. The summed E-state index contributed by atoms with van der Waals surface area (Å²) in [5.41, 5.74) is 5.66. The Balaban J connectivity index is 0.00000353. The van der Waals surface area contributed by atoms with Crippen molar-refractivity contribution in [1.29, 1.82) is 0 Å². The molecule has 16 nitrogen and oxygen atoms in total. The van der Waals surface area contributed by atoms with E-state index in [9.17, 15) is 14.3 Å². The highest BCUT2D eigenvalue weighted by Crippen LogP contribution is 2.58. The number of nitrogens with zero attached hydrogens (tertiary/aromatic N) is 6. The number of nitrogens with two attached hydrogens (primary N) is 1. The zero-order valence-electron chi connectivity index (χ0n) is 20.4. The lowest BCUT2D eigenvalue weighted by Crippen LogP contribution is -2.32. The van der Waals surface area contributed by atoms with Crippen LogP contribution in [0.1, 0.15) is 19.5 Å². The molecular formula is C20H24ClFN8O8P2S2. The van der Waals surface area contributed by atoms with Crippen molar-refractivity contribution in [3.8, 4) is 0 Å². The van der Waals surface area contributed by atoms with Gasteiger partial charge in [-0.15, -0.1) is 0 Å². The van der Waals surface area contributed by atoms with Crippen LogP contribution < -0.4 is 11.3 Å². The van der Waals surface area contributed by atoms with Gasteiger partial charge in [-0.2, -0.15) is 4.98 Å². The monoisotopic (exact) mass is 684 g/mol. The van der Waals surface area contributed by atoms with Gasteiger partial charge in [0, 0.05) is 12.7 Å². The molecule has 0 saturated carbocycles. The van der Waals surface area contributed by atoms with E-state index in [2.05, 4.69) is 37.2 Å². The highest BCUT2D eigenvalue weighted by atomic mass is 35.5. The molecule has 0 amide bonds. The SMILES string of the molecule is C.Nc1nc2c(ncn2[C@@H]2O[C@@H]3COP(O)(=S)OCCn4c(nc5cc(Cl)cnc54)COP(=O)(S)O[C@@H]2[C@@H]3F)c(=O)[nH]1. The maximum absolute atomic E-state index is 15.8. The molecule has 2 bridgehead atoms. The normalized spacial score (nSPS) is 30.9. The lowest BCUT2D eigenvalue weighted by molar-refractivity contribution is -0.0453. The Labute approximate surface area is 251 Å². The fraction of sp³-hybridized carbons (Fsp3) is 0.450. The molecule has 1 fully saturated rings. The van der Waals surface area contributed by atoms with Crippen LogP contribution >= 0.6 is 37.4 Å². The van der Waals surface area contributed by atoms with Crippen LogP contribution in [0.25, 0.3) is 22.3 Å². The summed E-state index contributed by atoms with van der Waals surface area (Å²) in [5.74, 6) is -0.00230. The minimum absolute atomic E-state index is 0. The molecule has 2 aliphatic heterocycles. The first-order chi connectivity index (χ1) is 19.4. The zero-order valence-corrected chi connectivity index (χ0v) is 24.7. The maximum atomic E-state index is 15.8. The number of H-pyrrole nitrogens is 1. The number of nitrogen functional groups attached to an aromatic ring is 1. The van der Waals surface area contributed by atoms with Crippen LogP contribution in [0.5, 0.6) is 0 Å². The van der Waals surface area contributed by atoms with E-state index in [0.717, 1.165) is 6.33 Å². The van der Waals surface area contributed by atoms with E-state index in [1.807, 2.05) is 0 Å². The van der Waals surface area contributed by atoms with Crippen molar-refractivity contribution in [2.24, 2.45) is 0 Å². The van der Waals surface area contributed by atoms with Crippen molar-refractivity contribution < 1.29 is 36.7 Å². The van der Waals surface area contributed by atoms with Crippen LogP contribution in [0.4, 0.5) is 10.3 Å². The predicted molar refractivity (Wildman–Crippen MR) is 155 cm³/mol. The molecule has 6 heterocycles. The van der Waals surface area contributed by atoms with Crippen LogP contribution in [0.2, 0.25) is 5.02 Å². The first-order valence-corrected chi connectivity index (χ1v) is 17.4. The summed E-state index contributed by atoms with van der Waals surface area (Å²) in [6, 6.07) is 1.56. The predicted octanol–water partition coefficient (Wildman–Crippen LogP) is 2.88. The number of imidazole rings is 2. The molecule has 228 valence electrons. The summed E-state index contributed by atoms with van der Waals surface area (Å²) in [6.45, 7) is -9.22. The van der Waals surface area contributed by atoms with Crippen molar-refractivity contribution in [3.63, 3.8) is 0 Å². The second-order valence-corrected chi connectivity index (χ2v) is 15.0. The van der Waals surface area contributed by atoms with E-state index in [0.29, 0.717) is 16.2 Å². The summed E-state index contributed by atoms with van der Waals surface area (Å²) in [4.78, 5) is 41.9. The molecule has 0 aliphatic carbocycles. The number of fused-ring (bicyclic) bond motifs is 6. The highest BCUT2D eigenvalue weighted by molar-refractivity contribution is 8.44. The van der Waals surface area contributed by atoms with Crippen LogP contribution in [-0.4, -0.2) is 70.5 Å². The molecule has 0 radical (unpaired) electrons. The van der Waals surface area contributed by atoms with E-state index in [1.165, 1.54) is 10.8 Å². The number of hydrogen-bond donors (Lipinski definition) is 4. The third-order valence-corrected chi connectivity index (χ3v) is 9.62. The van der Waals surface area contributed by atoms with Gasteiger partial charge >= 0.3 is 13.5 Å². The summed E-state index contributed by atoms with van der Waals surface area (Å²) < 4.78 is 59.7. The van der Waals surface area contributed by atoms with E-state index in [-0.39, 0.29) is 43.5 Å². The minimum atomic E-state index is -4.32. The second-order valence-electron chi connectivity index (χ2n) is 8.87. The van der Waals surface area contributed by atoms with Gasteiger partial charge in [-0.05, 0) is 17.9 Å². The van der Waals surface area contributed by atoms with Crippen LogP contribution in [0.3, 0.4) is 0 Å². The van der Waals surface area contributed by atoms with Gasteiger partial charge in [0.25, 0.3) is 5.56 Å². The number of aromatic amines is 1. The largest absolute Gasteiger partial charge is 0.387 e. The average molecular weight is 685 g/mol. The molecule has 42 heavy (non-hydrogen) atoms. The second kappa shape index (κ2) is 11.8. The minimum Gasteiger partial charge on any atom is -0.369 e. The molecule has 4 aromatic heterocycles. The third kappa shape index (κ3) is 6.14. The summed E-state index contributed by atoms with van der Waals surface area (Å²) in [7, 11) is 0. The van der Waals surface area contributed by atoms with Gasteiger partial charge in [-0.3, -0.25) is 23.4 Å². The quantitative estimate of drug-likeness (QED) is 0.168. The van der Waals surface area contributed by atoms with Crippen molar-refractivity contribution in [2.75, 3.05) is 18.9 Å². The fourth-order valence-corrected chi connectivity index (χ4v) is 7.10. The van der Waals surface area contributed by atoms with Crippen molar-refractivity contribution in [3.05, 3.63) is 39.8 Å². The molecule has 6 rings (SSSR count). The molecule has 4 N–H and O–H groups in total. The molecule has 0 aromatic carbocycles. The number of halogens is 2. The van der Waals surface area contributed by atoms with Gasteiger partial charge < -0.3 is 29.0 Å². The molecular weight excluding hydrogens is 661 g/mol. The first-order valence-electron chi connectivity index (χ1n) is 11.7. The first kappa shape index (κ1) is 31.4. The standard InChI is InChI=1S/C19H20ClFN8O8P2S2.CH4/c20-8-3-9-15(23-4-8)28-1-2-33-38(31,40)34-5-10-12(21)14(37-39(32,41)35-6-11(28)25-9)18(36-10)29-7-24-13-16(29)26-19(22)27-17(13)30;/h3-4,7,10,12,14,18H,1-2,5-6H2,(H,31,40)(H,32,41)(H3,22,26,27,30);1H4/t10-,12-,14-,18-,38?,39?;/m1./s1. The van der Waals surface area contributed by atoms with Crippen molar-refractivity contribution in [1.82, 2.24) is 34.1 Å². The Morgan fingerprint density at radius 2 is 2.05 bits per heavy atom. The van der Waals surface area contributed by atoms with Gasteiger partial charge in [-0.1, -0.05) is 31.3 Å². The van der Waals surface area contributed by atoms with E-state index >= 15 is 4.39 Å². The Morgan fingerprint density at radius 3 is 2.83 bits per heavy atom. The van der Waals surface area contributed by atoms with Gasteiger partial charge in [0.05, 0.1) is 24.6 Å². The van der Waals surface area contributed by atoms with Crippen molar-refractivity contribution in [2.45, 2.75) is 45.2 Å². The van der Waals surface area contributed by atoms with E-state index < -0.39 is 56.9 Å². The molecule has 6 atom stereocenters.